The molecular weight excluding hydrogens is 448 g/mol. The number of benzene rings is 2. The van der Waals surface area contributed by atoms with Crippen LogP contribution in [0.3, 0.4) is 0 Å². The van der Waals surface area contributed by atoms with E-state index in [1.165, 1.54) is 23.1 Å². The molecule has 1 fully saturated rings. The lowest BCUT2D eigenvalue weighted by molar-refractivity contribution is -0.384. The number of hydrogen-bond acceptors (Lipinski definition) is 7. The molecule has 10 heteroatoms. The zero-order valence-electron chi connectivity index (χ0n) is 17.9. The first-order valence-corrected chi connectivity index (χ1v) is 12.2. The number of nitro benzene ring substituents is 1. The van der Waals surface area contributed by atoms with Crippen LogP contribution in [0.2, 0.25) is 0 Å². The van der Waals surface area contributed by atoms with Crippen molar-refractivity contribution in [3.05, 3.63) is 84.7 Å². The number of carbonyl (C=O) groups excluding carboxylic acids is 1. The summed E-state index contributed by atoms with van der Waals surface area (Å²) in [5.74, 6) is -1.02. The normalized spacial score (nSPS) is 21.5. The lowest BCUT2D eigenvalue weighted by atomic mass is 9.96. The number of nitrogens with zero attached hydrogens (tertiary/aromatic N) is 2. The van der Waals surface area contributed by atoms with E-state index in [2.05, 4.69) is 0 Å². The second-order valence-electron chi connectivity index (χ2n) is 8.63. The van der Waals surface area contributed by atoms with Gasteiger partial charge < -0.3 is 9.32 Å². The average Bonchev–Trinajstić information content (AvgIpc) is 3.26. The van der Waals surface area contributed by atoms with E-state index < -0.39 is 38.2 Å². The van der Waals surface area contributed by atoms with E-state index in [4.69, 9.17) is 4.42 Å². The summed E-state index contributed by atoms with van der Waals surface area (Å²) in [5, 5.41) is 11.7. The Balaban J connectivity index is 1.79. The summed E-state index contributed by atoms with van der Waals surface area (Å²) in [6.07, 6.45) is 0.222. The van der Waals surface area contributed by atoms with Crippen LogP contribution in [-0.4, -0.2) is 41.7 Å². The summed E-state index contributed by atoms with van der Waals surface area (Å²) < 4.78 is 30.3. The first kappa shape index (κ1) is 21.3. The van der Waals surface area contributed by atoms with E-state index in [0.717, 1.165) is 11.1 Å². The number of rotatable bonds is 3. The number of nitro groups is 1. The van der Waals surface area contributed by atoms with Crippen molar-refractivity contribution in [3.8, 4) is 0 Å². The molecule has 0 radical (unpaired) electrons. The van der Waals surface area contributed by atoms with Gasteiger partial charge in [-0.2, -0.15) is 0 Å². The number of hydrogen-bond donors (Lipinski definition) is 0. The minimum Gasteiger partial charge on any atom is -0.450 e. The van der Waals surface area contributed by atoms with Gasteiger partial charge in [-0.05, 0) is 49.1 Å². The summed E-state index contributed by atoms with van der Waals surface area (Å²) in [6.45, 7) is 3.73. The fourth-order valence-electron chi connectivity index (χ4n) is 4.75. The van der Waals surface area contributed by atoms with Crippen molar-refractivity contribution in [1.82, 2.24) is 4.90 Å². The number of sulfone groups is 1. The Bertz CT molecular complexity index is 1520. The summed E-state index contributed by atoms with van der Waals surface area (Å²) in [7, 11) is -3.34. The van der Waals surface area contributed by atoms with Crippen LogP contribution in [0.4, 0.5) is 5.69 Å². The lowest BCUT2D eigenvalue weighted by Gasteiger charge is -2.30. The molecule has 2 aliphatic rings. The van der Waals surface area contributed by atoms with Crippen LogP contribution in [0.25, 0.3) is 11.0 Å². The second kappa shape index (κ2) is 7.24. The third-order valence-corrected chi connectivity index (χ3v) is 8.27. The van der Waals surface area contributed by atoms with Gasteiger partial charge in [-0.3, -0.25) is 19.7 Å². The molecule has 2 aromatic carbocycles. The Labute approximate surface area is 188 Å². The van der Waals surface area contributed by atoms with Crippen molar-refractivity contribution in [3.63, 3.8) is 0 Å². The molecule has 2 unspecified atom stereocenters. The van der Waals surface area contributed by atoms with Gasteiger partial charge in [0.05, 0.1) is 33.4 Å². The van der Waals surface area contributed by atoms with E-state index in [0.29, 0.717) is 10.9 Å². The first-order chi connectivity index (χ1) is 15.6. The fraction of sp³-hybridized carbons (Fsp3) is 0.304. The molecule has 3 aromatic rings. The third kappa shape index (κ3) is 3.32. The predicted octanol–water partition coefficient (Wildman–Crippen LogP) is 3.05. The van der Waals surface area contributed by atoms with E-state index in [-0.39, 0.29) is 40.5 Å². The van der Waals surface area contributed by atoms with E-state index in [9.17, 15) is 28.1 Å². The molecule has 0 aliphatic carbocycles. The van der Waals surface area contributed by atoms with Crippen LogP contribution in [0.15, 0.2) is 45.6 Å². The molecule has 5 rings (SSSR count). The van der Waals surface area contributed by atoms with Gasteiger partial charge in [0.1, 0.15) is 5.58 Å². The van der Waals surface area contributed by atoms with Crippen LogP contribution in [0.5, 0.6) is 0 Å². The molecule has 1 saturated heterocycles. The predicted molar refractivity (Wildman–Crippen MR) is 120 cm³/mol. The molecule has 33 heavy (non-hydrogen) atoms. The molecule has 0 spiro atoms. The number of carbonyl (C=O) groups is 1. The Kier molecular flexibility index (Phi) is 4.68. The van der Waals surface area contributed by atoms with Gasteiger partial charge in [0.25, 0.3) is 11.6 Å². The Morgan fingerprint density at radius 2 is 1.85 bits per heavy atom. The van der Waals surface area contributed by atoms with Gasteiger partial charge in [-0.25, -0.2) is 8.42 Å². The second-order valence-corrected chi connectivity index (χ2v) is 10.9. The zero-order valence-corrected chi connectivity index (χ0v) is 18.7. The average molecular weight is 468 g/mol. The number of fused-ring (bicyclic) bond motifs is 2. The maximum absolute atomic E-state index is 13.6. The highest BCUT2D eigenvalue weighted by molar-refractivity contribution is 7.91. The highest BCUT2D eigenvalue weighted by Gasteiger charge is 2.48. The van der Waals surface area contributed by atoms with Crippen molar-refractivity contribution in [2.45, 2.75) is 32.4 Å². The minimum atomic E-state index is -3.34. The van der Waals surface area contributed by atoms with E-state index >= 15 is 0 Å². The Morgan fingerprint density at radius 1 is 1.12 bits per heavy atom. The van der Waals surface area contributed by atoms with Gasteiger partial charge in [0.15, 0.2) is 15.3 Å². The first-order valence-electron chi connectivity index (χ1n) is 10.4. The molecular formula is C23H20N2O7S. The van der Waals surface area contributed by atoms with Crippen molar-refractivity contribution in [1.29, 1.82) is 0 Å². The van der Waals surface area contributed by atoms with Gasteiger partial charge in [0, 0.05) is 18.2 Å². The van der Waals surface area contributed by atoms with Crippen molar-refractivity contribution < 1.29 is 22.6 Å². The number of aryl methyl sites for hydroxylation is 2. The van der Waals surface area contributed by atoms with Gasteiger partial charge in [0.2, 0.25) is 5.76 Å². The maximum atomic E-state index is 13.6. The standard InChI is InChI=1S/C23H20N2O7S/c1-12-8-17-18(9-13(12)2)32-22-19(21(17)26)20(14-4-3-5-15(10-14)25(28)29)24(23(22)27)16-6-7-33(30,31)11-16/h3-5,8-10,16,20H,6-7,11H2,1-2H3. The molecule has 2 aliphatic heterocycles. The van der Waals surface area contributed by atoms with E-state index in [1.54, 1.807) is 18.2 Å². The SMILES string of the molecule is Cc1cc2oc3c(c(=O)c2cc1C)C(c1cccc([N+](=O)[O-])c1)N(C1CCS(=O)(=O)C1)C3=O. The molecule has 0 N–H and O–H groups in total. The topological polar surface area (TPSA) is 128 Å². The highest BCUT2D eigenvalue weighted by Crippen LogP contribution is 2.42. The summed E-state index contributed by atoms with van der Waals surface area (Å²) in [5.41, 5.74) is 1.90. The zero-order chi connectivity index (χ0) is 23.7. The van der Waals surface area contributed by atoms with Crippen LogP contribution in [0.1, 0.15) is 45.3 Å². The lowest BCUT2D eigenvalue weighted by Crippen LogP contribution is -2.40. The van der Waals surface area contributed by atoms with Crippen LogP contribution in [0, 0.1) is 24.0 Å². The summed E-state index contributed by atoms with van der Waals surface area (Å²) in [4.78, 5) is 39.3. The van der Waals surface area contributed by atoms with Crippen LogP contribution >= 0.6 is 0 Å². The molecule has 9 nitrogen and oxygen atoms in total. The largest absolute Gasteiger partial charge is 0.450 e. The Hall–Kier alpha value is -3.53. The molecule has 0 bridgehead atoms. The molecule has 1 aromatic heterocycles. The fourth-order valence-corrected chi connectivity index (χ4v) is 6.46. The molecule has 2 atom stereocenters. The monoisotopic (exact) mass is 468 g/mol. The van der Waals surface area contributed by atoms with Gasteiger partial charge >= 0.3 is 0 Å². The maximum Gasteiger partial charge on any atom is 0.291 e. The molecule has 0 saturated carbocycles. The molecule has 3 heterocycles. The van der Waals surface area contributed by atoms with Gasteiger partial charge in [-0.1, -0.05) is 12.1 Å². The quantitative estimate of drug-likeness (QED) is 0.427. The molecule has 1 amide bonds. The Morgan fingerprint density at radius 3 is 2.52 bits per heavy atom. The summed E-state index contributed by atoms with van der Waals surface area (Å²) in [6, 6.07) is 7.47. The van der Waals surface area contributed by atoms with Crippen LogP contribution < -0.4 is 5.43 Å². The van der Waals surface area contributed by atoms with Crippen LogP contribution in [-0.2, 0) is 9.84 Å². The van der Waals surface area contributed by atoms with Crippen molar-refractivity contribution in [2.24, 2.45) is 0 Å². The summed E-state index contributed by atoms with van der Waals surface area (Å²) >= 11 is 0. The number of non-ortho nitro benzene ring substituents is 1. The smallest absolute Gasteiger partial charge is 0.291 e. The molecule has 170 valence electrons. The van der Waals surface area contributed by atoms with Crippen molar-refractivity contribution >= 4 is 32.4 Å². The number of amides is 1. The van der Waals surface area contributed by atoms with Gasteiger partial charge in [-0.15, -0.1) is 0 Å². The highest BCUT2D eigenvalue weighted by atomic mass is 32.2. The van der Waals surface area contributed by atoms with Crippen molar-refractivity contribution in [2.75, 3.05) is 11.5 Å². The minimum absolute atomic E-state index is 0.0683. The van der Waals surface area contributed by atoms with E-state index in [1.807, 2.05) is 13.8 Å². The third-order valence-electron chi connectivity index (χ3n) is 6.52.